The van der Waals surface area contributed by atoms with Crippen LogP contribution in [0.4, 0.5) is 8.78 Å². The predicted octanol–water partition coefficient (Wildman–Crippen LogP) is 3.21. The number of hydrogen-bond donors (Lipinski definition) is 1. The Hall–Kier alpha value is -1.94. The third-order valence-corrected chi connectivity index (χ3v) is 3.63. The molecule has 0 fully saturated rings. The highest BCUT2D eigenvalue weighted by atomic mass is 19.1. The highest BCUT2D eigenvalue weighted by Gasteiger charge is 2.26. The maximum absolute atomic E-state index is 14.0. The number of para-hydroxylation sites is 1. The van der Waals surface area contributed by atoms with Gasteiger partial charge in [0, 0.05) is 17.5 Å². The van der Waals surface area contributed by atoms with Crippen molar-refractivity contribution in [2.24, 2.45) is 0 Å². The highest BCUT2D eigenvalue weighted by molar-refractivity contribution is 5.49. The molecule has 1 aliphatic heterocycles. The highest BCUT2D eigenvalue weighted by Crippen LogP contribution is 2.37. The lowest BCUT2D eigenvalue weighted by Gasteiger charge is -2.20. The summed E-state index contributed by atoms with van der Waals surface area (Å²) in [5.74, 6) is -0.366. The lowest BCUT2D eigenvalue weighted by Crippen LogP contribution is -2.21. The van der Waals surface area contributed by atoms with Gasteiger partial charge in [0.1, 0.15) is 17.4 Å². The molecule has 0 bridgehead atoms. The molecular weight excluding hydrogens is 260 g/mol. The van der Waals surface area contributed by atoms with Gasteiger partial charge in [-0.3, -0.25) is 0 Å². The van der Waals surface area contributed by atoms with E-state index in [1.807, 2.05) is 18.2 Å². The molecule has 3 rings (SSSR count). The zero-order valence-electron chi connectivity index (χ0n) is 11.1. The summed E-state index contributed by atoms with van der Waals surface area (Å²) < 4.78 is 33.6. The smallest absolute Gasteiger partial charge is 0.131 e. The monoisotopic (exact) mass is 275 g/mol. The van der Waals surface area contributed by atoms with Gasteiger partial charge in [0.25, 0.3) is 0 Å². The maximum Gasteiger partial charge on any atom is 0.131 e. The van der Waals surface area contributed by atoms with Gasteiger partial charge in [-0.2, -0.15) is 0 Å². The van der Waals surface area contributed by atoms with E-state index in [2.05, 4.69) is 5.32 Å². The van der Waals surface area contributed by atoms with Gasteiger partial charge in [-0.25, -0.2) is 8.78 Å². The first-order chi connectivity index (χ1) is 9.72. The van der Waals surface area contributed by atoms with E-state index in [1.54, 1.807) is 7.05 Å². The van der Waals surface area contributed by atoms with Crippen LogP contribution in [0.2, 0.25) is 0 Å². The van der Waals surface area contributed by atoms with E-state index in [0.717, 1.165) is 23.3 Å². The Morgan fingerprint density at radius 2 is 1.80 bits per heavy atom. The van der Waals surface area contributed by atoms with E-state index in [0.29, 0.717) is 6.61 Å². The molecule has 1 N–H and O–H groups in total. The summed E-state index contributed by atoms with van der Waals surface area (Å²) >= 11 is 0. The fourth-order valence-electron chi connectivity index (χ4n) is 2.71. The summed E-state index contributed by atoms with van der Waals surface area (Å²) in [6.45, 7) is 0.614. The number of fused-ring (bicyclic) bond motifs is 1. The maximum atomic E-state index is 14.0. The Labute approximate surface area is 116 Å². The van der Waals surface area contributed by atoms with Crippen molar-refractivity contribution in [3.63, 3.8) is 0 Å². The molecule has 0 saturated carbocycles. The van der Waals surface area contributed by atoms with Crippen molar-refractivity contribution in [3.8, 4) is 5.75 Å². The van der Waals surface area contributed by atoms with Crippen molar-refractivity contribution < 1.29 is 13.5 Å². The van der Waals surface area contributed by atoms with Gasteiger partial charge in [-0.05, 0) is 24.7 Å². The van der Waals surface area contributed by atoms with E-state index >= 15 is 0 Å². The summed E-state index contributed by atoms with van der Waals surface area (Å²) in [6, 6.07) is 9.07. The molecule has 4 heteroatoms. The fourth-order valence-corrected chi connectivity index (χ4v) is 2.71. The standard InChI is InChI=1S/C16H15F2NO/c1-19-15(14-12(17)6-3-7-13(14)18)11-5-2-4-10-8-9-20-16(10)11/h2-7,15,19H,8-9H2,1H3. The SMILES string of the molecule is CNC(c1cccc2c1OCC2)c1c(F)cccc1F. The van der Waals surface area contributed by atoms with Crippen molar-refractivity contribution in [1.29, 1.82) is 0 Å². The van der Waals surface area contributed by atoms with Crippen LogP contribution in [0, 0.1) is 11.6 Å². The minimum absolute atomic E-state index is 0.0268. The van der Waals surface area contributed by atoms with Crippen LogP contribution < -0.4 is 10.1 Å². The van der Waals surface area contributed by atoms with Crippen molar-refractivity contribution >= 4 is 0 Å². The molecule has 0 saturated heterocycles. The van der Waals surface area contributed by atoms with Crippen LogP contribution in [0.1, 0.15) is 22.7 Å². The van der Waals surface area contributed by atoms with Gasteiger partial charge in [0.2, 0.25) is 0 Å². The van der Waals surface area contributed by atoms with Crippen molar-refractivity contribution in [3.05, 3.63) is 64.7 Å². The molecule has 1 heterocycles. The number of hydrogen-bond acceptors (Lipinski definition) is 2. The quantitative estimate of drug-likeness (QED) is 0.928. The largest absolute Gasteiger partial charge is 0.493 e. The summed E-state index contributed by atoms with van der Waals surface area (Å²) in [5.41, 5.74) is 1.88. The normalized spacial score (nSPS) is 14.8. The van der Waals surface area contributed by atoms with Crippen LogP contribution in [-0.4, -0.2) is 13.7 Å². The minimum Gasteiger partial charge on any atom is -0.493 e. The average Bonchev–Trinajstić information content (AvgIpc) is 2.91. The van der Waals surface area contributed by atoms with Crippen LogP contribution >= 0.6 is 0 Å². The molecule has 0 amide bonds. The van der Waals surface area contributed by atoms with Crippen molar-refractivity contribution in [2.75, 3.05) is 13.7 Å². The van der Waals surface area contributed by atoms with Gasteiger partial charge in [-0.1, -0.05) is 24.3 Å². The van der Waals surface area contributed by atoms with E-state index in [4.69, 9.17) is 4.74 Å². The number of nitrogens with one attached hydrogen (secondary N) is 1. The van der Waals surface area contributed by atoms with E-state index in [1.165, 1.54) is 18.2 Å². The van der Waals surface area contributed by atoms with Gasteiger partial charge >= 0.3 is 0 Å². The average molecular weight is 275 g/mol. The van der Waals surface area contributed by atoms with Gasteiger partial charge in [-0.15, -0.1) is 0 Å². The van der Waals surface area contributed by atoms with Crippen LogP contribution in [-0.2, 0) is 6.42 Å². The van der Waals surface area contributed by atoms with Crippen LogP contribution in [0.15, 0.2) is 36.4 Å². The second kappa shape index (κ2) is 5.21. The molecule has 2 nitrogen and oxygen atoms in total. The summed E-state index contributed by atoms with van der Waals surface area (Å²) in [5, 5.41) is 2.99. The lowest BCUT2D eigenvalue weighted by molar-refractivity contribution is 0.350. The first kappa shape index (κ1) is 13.1. The molecule has 2 aromatic carbocycles. The molecule has 20 heavy (non-hydrogen) atoms. The van der Waals surface area contributed by atoms with E-state index < -0.39 is 17.7 Å². The van der Waals surface area contributed by atoms with Crippen LogP contribution in [0.5, 0.6) is 5.75 Å². The molecule has 0 aliphatic carbocycles. The van der Waals surface area contributed by atoms with Gasteiger partial charge < -0.3 is 10.1 Å². The molecule has 0 radical (unpaired) electrons. The number of halogens is 2. The number of rotatable bonds is 3. The number of ether oxygens (including phenoxy) is 1. The van der Waals surface area contributed by atoms with Gasteiger partial charge in [0.15, 0.2) is 0 Å². The summed E-state index contributed by atoms with van der Waals surface area (Å²) in [4.78, 5) is 0. The Balaban J connectivity index is 2.14. The first-order valence-corrected chi connectivity index (χ1v) is 6.58. The Morgan fingerprint density at radius 3 is 2.50 bits per heavy atom. The minimum atomic E-state index is -0.566. The van der Waals surface area contributed by atoms with Crippen LogP contribution in [0.25, 0.3) is 0 Å². The molecule has 0 spiro atoms. The summed E-state index contributed by atoms with van der Waals surface area (Å²) in [6.07, 6.45) is 0.833. The predicted molar refractivity (Wildman–Crippen MR) is 72.9 cm³/mol. The van der Waals surface area contributed by atoms with Crippen LogP contribution in [0.3, 0.4) is 0 Å². The van der Waals surface area contributed by atoms with Gasteiger partial charge in [0.05, 0.1) is 12.6 Å². The fraction of sp³-hybridized carbons (Fsp3) is 0.250. The Morgan fingerprint density at radius 1 is 1.10 bits per heavy atom. The van der Waals surface area contributed by atoms with E-state index in [9.17, 15) is 8.78 Å². The van der Waals surface area contributed by atoms with E-state index in [-0.39, 0.29) is 5.56 Å². The Kier molecular flexibility index (Phi) is 3.40. The first-order valence-electron chi connectivity index (χ1n) is 6.58. The summed E-state index contributed by atoms with van der Waals surface area (Å²) in [7, 11) is 1.69. The topological polar surface area (TPSA) is 21.3 Å². The van der Waals surface area contributed by atoms with Crippen molar-refractivity contribution in [1.82, 2.24) is 5.32 Å². The zero-order chi connectivity index (χ0) is 14.1. The third-order valence-electron chi connectivity index (χ3n) is 3.63. The molecule has 0 aromatic heterocycles. The third kappa shape index (κ3) is 2.06. The molecule has 104 valence electrons. The second-order valence-corrected chi connectivity index (χ2v) is 4.79. The second-order valence-electron chi connectivity index (χ2n) is 4.79. The molecule has 1 unspecified atom stereocenters. The van der Waals surface area contributed by atoms with Crippen molar-refractivity contribution in [2.45, 2.75) is 12.5 Å². The Bertz CT molecular complexity index is 622. The molecular formula is C16H15F2NO. The molecule has 1 atom stereocenters. The number of benzene rings is 2. The molecule has 2 aromatic rings. The zero-order valence-corrected chi connectivity index (χ0v) is 11.1. The molecule has 1 aliphatic rings. The lowest BCUT2D eigenvalue weighted by atomic mass is 9.95.